The molecule has 0 radical (unpaired) electrons. The summed E-state index contributed by atoms with van der Waals surface area (Å²) in [6.45, 7) is 22.5. The van der Waals surface area contributed by atoms with Crippen molar-refractivity contribution in [3.63, 3.8) is 0 Å². The number of ether oxygens (including phenoxy) is 2. The predicted octanol–water partition coefficient (Wildman–Crippen LogP) is 5.49. The third-order valence-corrected chi connectivity index (χ3v) is 11.7. The largest absolute Gasteiger partial charge is 0.480 e. The highest BCUT2D eigenvalue weighted by Crippen LogP contribution is 2.40. The third kappa shape index (κ3) is 8.10. The third-order valence-electron chi connectivity index (χ3n) is 7.18. The van der Waals surface area contributed by atoms with Gasteiger partial charge in [0.25, 0.3) is 0 Å². The summed E-state index contributed by atoms with van der Waals surface area (Å²) in [4.78, 5) is 40.9. The molecule has 4 atom stereocenters. The second-order valence-corrected chi connectivity index (χ2v) is 18.6. The lowest BCUT2D eigenvalue weighted by molar-refractivity contribution is -0.142. The summed E-state index contributed by atoms with van der Waals surface area (Å²) in [6, 6.07) is -1.10. The molecule has 0 aromatic carbocycles. The van der Waals surface area contributed by atoms with Crippen LogP contribution in [-0.4, -0.2) is 83.9 Å². The van der Waals surface area contributed by atoms with Crippen LogP contribution < -0.4 is 0 Å². The monoisotopic (exact) mass is 528 g/mol. The van der Waals surface area contributed by atoms with Crippen LogP contribution in [-0.2, 0) is 18.7 Å². The molecule has 0 aliphatic carbocycles. The Bertz CT molecular complexity index is 826. The van der Waals surface area contributed by atoms with Gasteiger partial charge < -0.3 is 23.9 Å². The van der Waals surface area contributed by atoms with Crippen molar-refractivity contribution in [3.05, 3.63) is 0 Å². The summed E-state index contributed by atoms with van der Waals surface area (Å²) >= 11 is 0. The molecule has 2 rings (SSSR count). The first kappa shape index (κ1) is 30.4. The van der Waals surface area contributed by atoms with Crippen molar-refractivity contribution in [2.45, 2.75) is 129 Å². The molecule has 36 heavy (non-hydrogen) atoms. The highest BCUT2D eigenvalue weighted by Gasteiger charge is 2.47. The fraction of sp³-hybridized carbons (Fsp3) is 0.885. The second kappa shape index (κ2) is 10.5. The van der Waals surface area contributed by atoms with E-state index in [-0.39, 0.29) is 35.7 Å². The van der Waals surface area contributed by atoms with Gasteiger partial charge in [-0.2, -0.15) is 0 Å². The molecule has 2 aliphatic heterocycles. The quantitative estimate of drug-likeness (QED) is 0.471. The van der Waals surface area contributed by atoms with Crippen molar-refractivity contribution in [2.75, 3.05) is 13.1 Å². The number of carboxylic acid groups (broad SMARTS) is 1. The molecule has 0 spiro atoms. The van der Waals surface area contributed by atoms with Crippen molar-refractivity contribution in [2.24, 2.45) is 5.92 Å². The minimum atomic E-state index is -2.06. The summed E-state index contributed by atoms with van der Waals surface area (Å²) in [5, 5.41) is 9.81. The van der Waals surface area contributed by atoms with Crippen LogP contribution in [0.5, 0.6) is 0 Å². The van der Waals surface area contributed by atoms with E-state index in [0.717, 1.165) is 0 Å². The van der Waals surface area contributed by atoms with Gasteiger partial charge in [0.2, 0.25) is 0 Å². The van der Waals surface area contributed by atoms with Crippen LogP contribution in [0.4, 0.5) is 9.59 Å². The molecule has 0 saturated carbocycles. The molecular weight excluding hydrogens is 480 g/mol. The SMILES string of the molecule is CC(C)(C)OC(=O)N1C[C@H](O[Si](C)(C)C(C)(C)C)C[C@H]1C[C@@H]1C[C@@H](C(=O)O)N(C(=O)OC(C)(C)C)C1. The second-order valence-electron chi connectivity index (χ2n) is 13.8. The summed E-state index contributed by atoms with van der Waals surface area (Å²) in [7, 11) is -2.06. The molecule has 0 aromatic rings. The summed E-state index contributed by atoms with van der Waals surface area (Å²) in [5.41, 5.74) is -1.35. The maximum atomic E-state index is 13.1. The molecule has 9 nitrogen and oxygen atoms in total. The summed E-state index contributed by atoms with van der Waals surface area (Å²) < 4.78 is 17.8. The zero-order valence-corrected chi connectivity index (χ0v) is 25.1. The van der Waals surface area contributed by atoms with Crippen molar-refractivity contribution in [1.82, 2.24) is 9.80 Å². The fourth-order valence-electron chi connectivity index (χ4n) is 4.56. The number of carbonyl (C=O) groups excluding carboxylic acids is 2. The molecule has 0 aromatic heterocycles. The molecule has 2 fully saturated rings. The Morgan fingerprint density at radius 1 is 0.833 bits per heavy atom. The first-order valence-electron chi connectivity index (χ1n) is 13.0. The van der Waals surface area contributed by atoms with Crippen LogP contribution in [0, 0.1) is 5.92 Å². The van der Waals surface area contributed by atoms with Crippen LogP contribution in [0.2, 0.25) is 18.1 Å². The molecule has 0 bridgehead atoms. The summed E-state index contributed by atoms with van der Waals surface area (Å²) in [6.07, 6.45) is 0.437. The van der Waals surface area contributed by atoms with Gasteiger partial charge in [0.1, 0.15) is 17.2 Å². The van der Waals surface area contributed by atoms with E-state index in [9.17, 15) is 19.5 Å². The highest BCUT2D eigenvalue weighted by atomic mass is 28.4. The van der Waals surface area contributed by atoms with Crippen LogP contribution in [0.1, 0.15) is 81.6 Å². The standard InChI is InChI=1S/C26H48N2O7Si/c1-24(2,3)33-22(31)27-16-19(35-36(10,11)26(7,8)9)14-18(27)12-17-13-20(21(29)30)28(15-17)23(32)34-25(4,5)6/h17-20H,12-16H2,1-11H3,(H,29,30)/t17-,18-,19-,20+/m1/s1. The van der Waals surface area contributed by atoms with Crippen molar-refractivity contribution in [1.29, 1.82) is 0 Å². The number of hydrogen-bond acceptors (Lipinski definition) is 6. The number of likely N-dealkylation sites (tertiary alicyclic amines) is 2. The Morgan fingerprint density at radius 3 is 1.78 bits per heavy atom. The van der Waals surface area contributed by atoms with E-state index in [1.807, 2.05) is 20.8 Å². The number of nitrogens with zero attached hydrogens (tertiary/aromatic N) is 2. The molecular formula is C26H48N2O7Si. The number of amides is 2. The lowest BCUT2D eigenvalue weighted by Gasteiger charge is -2.38. The minimum absolute atomic E-state index is 0.0376. The number of carboxylic acids is 1. The maximum Gasteiger partial charge on any atom is 0.411 e. The Balaban J connectivity index is 2.21. The van der Waals surface area contributed by atoms with Gasteiger partial charge in [0.15, 0.2) is 8.32 Å². The van der Waals surface area contributed by atoms with Gasteiger partial charge >= 0.3 is 18.2 Å². The Hall–Kier alpha value is -1.81. The van der Waals surface area contributed by atoms with E-state index in [1.54, 1.807) is 25.7 Å². The van der Waals surface area contributed by atoms with Gasteiger partial charge in [-0.1, -0.05) is 20.8 Å². The fourth-order valence-corrected chi connectivity index (χ4v) is 5.91. The highest BCUT2D eigenvalue weighted by molar-refractivity contribution is 6.74. The molecule has 1 N–H and O–H groups in total. The Morgan fingerprint density at radius 2 is 1.33 bits per heavy atom. The van der Waals surface area contributed by atoms with Crippen LogP contribution >= 0.6 is 0 Å². The van der Waals surface area contributed by atoms with Crippen molar-refractivity contribution < 1.29 is 33.4 Å². The van der Waals surface area contributed by atoms with E-state index in [0.29, 0.717) is 25.8 Å². The van der Waals surface area contributed by atoms with Crippen LogP contribution in [0.15, 0.2) is 0 Å². The molecule has 2 aliphatic rings. The molecule has 0 unspecified atom stereocenters. The van der Waals surface area contributed by atoms with E-state index in [2.05, 4.69) is 33.9 Å². The van der Waals surface area contributed by atoms with E-state index in [1.165, 1.54) is 4.90 Å². The normalized spacial score (nSPS) is 25.8. The first-order valence-corrected chi connectivity index (χ1v) is 15.9. The number of aliphatic carboxylic acids is 1. The average molecular weight is 529 g/mol. The number of rotatable bonds is 5. The minimum Gasteiger partial charge on any atom is -0.480 e. The zero-order valence-electron chi connectivity index (χ0n) is 24.1. The molecule has 208 valence electrons. The number of hydrogen-bond donors (Lipinski definition) is 1. The maximum absolute atomic E-state index is 13.1. The first-order chi connectivity index (χ1) is 16.1. The lowest BCUT2D eigenvalue weighted by atomic mass is 9.95. The van der Waals surface area contributed by atoms with Crippen molar-refractivity contribution in [3.8, 4) is 0 Å². The van der Waals surface area contributed by atoms with Gasteiger partial charge in [-0.25, -0.2) is 14.4 Å². The van der Waals surface area contributed by atoms with Gasteiger partial charge in [0, 0.05) is 19.1 Å². The topological polar surface area (TPSA) is 106 Å². The smallest absolute Gasteiger partial charge is 0.411 e. The number of carbonyl (C=O) groups is 3. The molecule has 2 saturated heterocycles. The molecule has 2 heterocycles. The van der Waals surface area contributed by atoms with Gasteiger partial charge in [-0.05, 0) is 84.9 Å². The Labute approximate surface area is 217 Å². The Kier molecular flexibility index (Phi) is 8.88. The predicted molar refractivity (Wildman–Crippen MR) is 141 cm³/mol. The average Bonchev–Trinajstić information content (AvgIpc) is 3.22. The van der Waals surface area contributed by atoms with E-state index < -0.39 is 37.6 Å². The molecule has 10 heteroatoms. The lowest BCUT2D eigenvalue weighted by Crippen LogP contribution is -2.45. The van der Waals surface area contributed by atoms with Gasteiger partial charge in [-0.3, -0.25) is 4.90 Å². The van der Waals surface area contributed by atoms with E-state index >= 15 is 0 Å². The van der Waals surface area contributed by atoms with Crippen LogP contribution in [0.3, 0.4) is 0 Å². The van der Waals surface area contributed by atoms with Gasteiger partial charge in [0.05, 0.1) is 6.10 Å². The zero-order chi connectivity index (χ0) is 27.9. The van der Waals surface area contributed by atoms with E-state index in [4.69, 9.17) is 13.9 Å². The van der Waals surface area contributed by atoms with Crippen LogP contribution in [0.25, 0.3) is 0 Å². The summed E-state index contributed by atoms with van der Waals surface area (Å²) in [5.74, 6) is -1.13. The molecule has 2 amide bonds. The van der Waals surface area contributed by atoms with Crippen molar-refractivity contribution >= 4 is 26.5 Å². The van der Waals surface area contributed by atoms with Gasteiger partial charge in [-0.15, -0.1) is 0 Å².